The molecule has 28 heavy (non-hydrogen) atoms. The summed E-state index contributed by atoms with van der Waals surface area (Å²) in [6, 6.07) is 8.36. The van der Waals surface area contributed by atoms with Crippen molar-refractivity contribution in [2.24, 2.45) is 7.05 Å². The quantitative estimate of drug-likeness (QED) is 0.396. The number of nitro groups is 1. The van der Waals surface area contributed by atoms with E-state index in [9.17, 15) is 19.3 Å². The van der Waals surface area contributed by atoms with Gasteiger partial charge in [-0.25, -0.2) is 4.39 Å². The highest BCUT2D eigenvalue weighted by atomic mass is 19.1. The summed E-state index contributed by atoms with van der Waals surface area (Å²) < 4.78 is 22.0. The van der Waals surface area contributed by atoms with Gasteiger partial charge in [-0.3, -0.25) is 23.9 Å². The fourth-order valence-electron chi connectivity index (χ4n) is 3.05. The molecule has 4 rings (SSSR count). The van der Waals surface area contributed by atoms with Crippen molar-refractivity contribution in [3.8, 4) is 5.75 Å². The molecule has 2 heterocycles. The van der Waals surface area contributed by atoms with E-state index >= 15 is 0 Å². The molecule has 0 saturated heterocycles. The van der Waals surface area contributed by atoms with Crippen LogP contribution in [0, 0.1) is 22.9 Å². The van der Waals surface area contributed by atoms with Gasteiger partial charge in [-0.05, 0) is 25.1 Å². The van der Waals surface area contributed by atoms with Crippen LogP contribution >= 0.6 is 0 Å². The van der Waals surface area contributed by atoms with Crippen molar-refractivity contribution >= 4 is 22.4 Å². The van der Waals surface area contributed by atoms with E-state index in [1.165, 1.54) is 4.57 Å². The first kappa shape index (κ1) is 17.6. The van der Waals surface area contributed by atoms with Gasteiger partial charge in [0.05, 0.1) is 15.8 Å². The van der Waals surface area contributed by atoms with Crippen LogP contribution in [-0.2, 0) is 13.7 Å². The van der Waals surface area contributed by atoms with Gasteiger partial charge in [-0.2, -0.15) is 0 Å². The summed E-state index contributed by atoms with van der Waals surface area (Å²) in [5.74, 6) is -0.256. The Bertz CT molecular complexity index is 1310. The predicted molar refractivity (Wildman–Crippen MR) is 97.9 cm³/mol. The molecule has 2 aromatic heterocycles. The van der Waals surface area contributed by atoms with E-state index in [1.54, 1.807) is 23.6 Å². The number of rotatable bonds is 4. The van der Waals surface area contributed by atoms with Crippen LogP contribution < -0.4 is 10.3 Å². The topological polar surface area (TPSA) is 105 Å². The Hall–Kier alpha value is -3.82. The summed E-state index contributed by atoms with van der Waals surface area (Å²) in [7, 11) is 1.58. The molecule has 0 aliphatic carbocycles. The molecule has 10 heteroatoms. The Morgan fingerprint density at radius 2 is 2.00 bits per heavy atom. The van der Waals surface area contributed by atoms with E-state index < -0.39 is 10.7 Å². The van der Waals surface area contributed by atoms with Gasteiger partial charge in [0.2, 0.25) is 5.78 Å². The molecule has 2 aromatic carbocycles. The number of nitro benzene ring substituents is 1. The Kier molecular flexibility index (Phi) is 4.03. The third-order valence-corrected chi connectivity index (χ3v) is 4.42. The number of aromatic nitrogens is 4. The average Bonchev–Trinajstić information content (AvgIpc) is 3.08. The van der Waals surface area contributed by atoms with Gasteiger partial charge in [0.1, 0.15) is 12.4 Å². The molecule has 0 amide bonds. The fraction of sp³-hybridized carbons (Fsp3) is 0.167. The highest BCUT2D eigenvalue weighted by Crippen LogP contribution is 2.28. The monoisotopic (exact) mass is 383 g/mol. The van der Waals surface area contributed by atoms with E-state index in [0.29, 0.717) is 22.5 Å². The molecule has 4 aromatic rings. The predicted octanol–water partition coefficient (Wildman–Crippen LogP) is 2.52. The molecule has 0 unspecified atom stereocenters. The fourth-order valence-corrected chi connectivity index (χ4v) is 3.05. The van der Waals surface area contributed by atoms with Crippen molar-refractivity contribution in [2.75, 3.05) is 0 Å². The second-order valence-corrected chi connectivity index (χ2v) is 6.29. The van der Waals surface area contributed by atoms with Crippen molar-refractivity contribution in [3.05, 3.63) is 74.1 Å². The molecule has 0 atom stereocenters. The number of nitrogens with zero attached hydrogens (tertiary/aromatic N) is 5. The zero-order valence-corrected chi connectivity index (χ0v) is 14.9. The van der Waals surface area contributed by atoms with Crippen LogP contribution in [0.4, 0.5) is 10.1 Å². The second kappa shape index (κ2) is 6.41. The van der Waals surface area contributed by atoms with E-state index in [1.807, 2.05) is 13.0 Å². The van der Waals surface area contributed by atoms with Crippen LogP contribution in [0.3, 0.4) is 0 Å². The zero-order valence-electron chi connectivity index (χ0n) is 14.9. The lowest BCUT2D eigenvalue weighted by Gasteiger charge is -2.09. The molecule has 0 bridgehead atoms. The Labute approximate surface area is 156 Å². The number of hydrogen-bond donors (Lipinski definition) is 0. The average molecular weight is 383 g/mol. The largest absolute Gasteiger partial charge is 0.478 e. The number of ether oxygens (including phenoxy) is 1. The van der Waals surface area contributed by atoms with Crippen LogP contribution in [-0.4, -0.2) is 24.1 Å². The van der Waals surface area contributed by atoms with E-state index in [4.69, 9.17) is 4.74 Å². The van der Waals surface area contributed by atoms with Crippen LogP contribution in [0.2, 0.25) is 0 Å². The van der Waals surface area contributed by atoms with Gasteiger partial charge < -0.3 is 4.74 Å². The maximum atomic E-state index is 13.5. The van der Waals surface area contributed by atoms with Gasteiger partial charge >= 0.3 is 5.69 Å². The first-order valence-corrected chi connectivity index (χ1v) is 8.27. The van der Waals surface area contributed by atoms with Crippen molar-refractivity contribution in [1.29, 1.82) is 0 Å². The smallest absolute Gasteiger partial charge is 0.311 e. The first-order chi connectivity index (χ1) is 13.4. The highest BCUT2D eigenvalue weighted by Gasteiger charge is 2.19. The lowest BCUT2D eigenvalue weighted by atomic mass is 10.1. The molecule has 0 spiro atoms. The highest BCUT2D eigenvalue weighted by molar-refractivity contribution is 5.81. The normalized spacial score (nSPS) is 11.2. The minimum Gasteiger partial charge on any atom is -0.478 e. The molecule has 0 radical (unpaired) electrons. The van der Waals surface area contributed by atoms with E-state index in [0.717, 1.165) is 23.8 Å². The summed E-state index contributed by atoms with van der Waals surface area (Å²) in [4.78, 5) is 23.0. The molecule has 0 fully saturated rings. The lowest BCUT2D eigenvalue weighted by molar-refractivity contribution is -0.386. The van der Waals surface area contributed by atoms with Crippen LogP contribution in [0.25, 0.3) is 16.7 Å². The standard InChI is InChI=1S/C18H14FN5O4/c1-10-3-5-13-12(7-10)17(25)22(2)18-21-20-16(23(13)18)9-28-15-8-11(19)4-6-14(15)24(26)27/h3-8H,9H2,1-2H3. The summed E-state index contributed by atoms with van der Waals surface area (Å²) in [5, 5.41) is 19.7. The zero-order chi connectivity index (χ0) is 20.0. The second-order valence-electron chi connectivity index (χ2n) is 6.29. The van der Waals surface area contributed by atoms with Gasteiger partial charge in [0, 0.05) is 19.2 Å². The molecular weight excluding hydrogens is 369 g/mol. The van der Waals surface area contributed by atoms with Gasteiger partial charge in [0.25, 0.3) is 5.56 Å². The SMILES string of the molecule is Cc1ccc2c(c1)c(=O)n(C)c1nnc(COc3cc(F)ccc3[N+](=O)[O-])n21. The minimum absolute atomic E-state index is 0.202. The third kappa shape index (κ3) is 2.75. The Morgan fingerprint density at radius 1 is 1.21 bits per heavy atom. The number of halogens is 1. The summed E-state index contributed by atoms with van der Waals surface area (Å²) in [5.41, 5.74) is 0.932. The van der Waals surface area contributed by atoms with E-state index in [2.05, 4.69) is 10.2 Å². The number of aryl methyl sites for hydroxylation is 2. The molecule has 0 aliphatic rings. The van der Waals surface area contributed by atoms with Crippen molar-refractivity contribution in [2.45, 2.75) is 13.5 Å². The van der Waals surface area contributed by atoms with Crippen LogP contribution in [0.15, 0.2) is 41.2 Å². The Balaban J connectivity index is 1.83. The third-order valence-electron chi connectivity index (χ3n) is 4.42. The molecule has 0 aliphatic heterocycles. The van der Waals surface area contributed by atoms with E-state index in [-0.39, 0.29) is 23.6 Å². The molecular formula is C18H14FN5O4. The van der Waals surface area contributed by atoms with Gasteiger partial charge in [-0.15, -0.1) is 10.2 Å². The first-order valence-electron chi connectivity index (χ1n) is 8.27. The summed E-state index contributed by atoms with van der Waals surface area (Å²) in [6.07, 6.45) is 0. The number of benzene rings is 2. The molecule has 9 nitrogen and oxygen atoms in total. The van der Waals surface area contributed by atoms with Crippen molar-refractivity contribution < 1.29 is 14.1 Å². The Morgan fingerprint density at radius 3 is 2.75 bits per heavy atom. The number of hydrogen-bond acceptors (Lipinski definition) is 6. The van der Waals surface area contributed by atoms with Crippen LogP contribution in [0.5, 0.6) is 5.75 Å². The van der Waals surface area contributed by atoms with Gasteiger partial charge in [0.15, 0.2) is 11.6 Å². The minimum atomic E-state index is -0.657. The number of fused-ring (bicyclic) bond motifs is 3. The molecule has 0 N–H and O–H groups in total. The van der Waals surface area contributed by atoms with Crippen LogP contribution in [0.1, 0.15) is 11.4 Å². The van der Waals surface area contributed by atoms with Crippen molar-refractivity contribution in [3.63, 3.8) is 0 Å². The summed E-state index contributed by atoms with van der Waals surface area (Å²) in [6.45, 7) is 1.68. The summed E-state index contributed by atoms with van der Waals surface area (Å²) >= 11 is 0. The van der Waals surface area contributed by atoms with Gasteiger partial charge in [-0.1, -0.05) is 11.6 Å². The molecule has 142 valence electrons. The molecule has 0 saturated carbocycles. The lowest BCUT2D eigenvalue weighted by Crippen LogP contribution is -2.20. The van der Waals surface area contributed by atoms with Crippen molar-refractivity contribution in [1.82, 2.24) is 19.2 Å². The maximum Gasteiger partial charge on any atom is 0.311 e. The maximum absolute atomic E-state index is 13.5.